The highest BCUT2D eigenvalue weighted by atomic mass is 35.5. The maximum absolute atomic E-state index is 13.7. The number of hydrogen-bond acceptors (Lipinski definition) is 4. The van der Waals surface area contributed by atoms with Gasteiger partial charge < -0.3 is 5.32 Å². The molecule has 1 atom stereocenters. The lowest BCUT2D eigenvalue weighted by atomic mass is 10.1. The van der Waals surface area contributed by atoms with Gasteiger partial charge >= 0.3 is 0 Å². The largest absolute Gasteiger partial charge is 0.322 e. The molecule has 0 saturated carbocycles. The van der Waals surface area contributed by atoms with Crippen molar-refractivity contribution in [1.29, 1.82) is 0 Å². The Bertz CT molecular complexity index is 914. The third kappa shape index (κ3) is 4.69. The van der Waals surface area contributed by atoms with E-state index in [1.807, 2.05) is 43.1 Å². The quantitative estimate of drug-likeness (QED) is 0.700. The molecule has 0 unspecified atom stereocenters. The lowest BCUT2D eigenvalue weighted by Gasteiger charge is -2.24. The SMILES string of the molecule is C[C@@H](c1ccc(-n2cncn2)cc1)N(C)CC(=O)Nc1cc(Cl)ccc1F. The Balaban J connectivity index is 1.62. The number of carbonyl (C=O) groups is 1. The van der Waals surface area contributed by atoms with Gasteiger partial charge in [0.1, 0.15) is 18.5 Å². The number of aromatic nitrogens is 3. The lowest BCUT2D eigenvalue weighted by molar-refractivity contribution is -0.117. The maximum atomic E-state index is 13.7. The zero-order valence-corrected chi connectivity index (χ0v) is 15.7. The normalized spacial score (nSPS) is 12.2. The Labute approximate surface area is 161 Å². The molecule has 1 aromatic heterocycles. The zero-order valence-electron chi connectivity index (χ0n) is 14.9. The molecule has 0 spiro atoms. The molecule has 0 radical (unpaired) electrons. The summed E-state index contributed by atoms with van der Waals surface area (Å²) >= 11 is 5.85. The van der Waals surface area contributed by atoms with Crippen LogP contribution < -0.4 is 5.32 Å². The van der Waals surface area contributed by atoms with Gasteiger partial charge in [0, 0.05) is 11.1 Å². The monoisotopic (exact) mass is 387 g/mol. The number of nitrogens with zero attached hydrogens (tertiary/aromatic N) is 4. The summed E-state index contributed by atoms with van der Waals surface area (Å²) in [7, 11) is 1.84. The molecular weight excluding hydrogens is 369 g/mol. The molecular formula is C19H19ClFN5O. The summed E-state index contributed by atoms with van der Waals surface area (Å²) in [5.74, 6) is -0.836. The van der Waals surface area contributed by atoms with Crippen LogP contribution in [0.4, 0.5) is 10.1 Å². The van der Waals surface area contributed by atoms with Gasteiger partial charge in [0.15, 0.2) is 0 Å². The first-order chi connectivity index (χ1) is 12.9. The Hall–Kier alpha value is -2.77. The van der Waals surface area contributed by atoms with Crippen LogP contribution in [0.15, 0.2) is 55.1 Å². The summed E-state index contributed by atoms with van der Waals surface area (Å²) in [5.41, 5.74) is 2.02. The minimum Gasteiger partial charge on any atom is -0.322 e. The van der Waals surface area contributed by atoms with Crippen molar-refractivity contribution in [3.8, 4) is 5.69 Å². The predicted octanol–water partition coefficient (Wildman–Crippen LogP) is 3.69. The Morgan fingerprint density at radius 3 is 2.70 bits per heavy atom. The first-order valence-corrected chi connectivity index (χ1v) is 8.72. The molecule has 8 heteroatoms. The second-order valence-corrected chi connectivity index (χ2v) is 6.63. The van der Waals surface area contributed by atoms with E-state index in [1.54, 1.807) is 11.0 Å². The van der Waals surface area contributed by atoms with Gasteiger partial charge in [-0.3, -0.25) is 9.69 Å². The van der Waals surface area contributed by atoms with Crippen LogP contribution in [0.1, 0.15) is 18.5 Å². The van der Waals surface area contributed by atoms with E-state index >= 15 is 0 Å². The topological polar surface area (TPSA) is 63.1 Å². The molecule has 0 bridgehead atoms. The van der Waals surface area contributed by atoms with Crippen molar-refractivity contribution in [2.24, 2.45) is 0 Å². The molecule has 0 aliphatic heterocycles. The van der Waals surface area contributed by atoms with E-state index in [0.717, 1.165) is 11.3 Å². The van der Waals surface area contributed by atoms with Crippen molar-refractivity contribution in [1.82, 2.24) is 19.7 Å². The van der Waals surface area contributed by atoms with E-state index in [1.165, 1.54) is 24.5 Å². The standard InChI is InChI=1S/C19H19ClFN5O/c1-13(14-3-6-16(7-4-14)26-12-22-11-23-26)25(2)10-19(27)24-18-9-15(20)5-8-17(18)21/h3-9,11-13H,10H2,1-2H3,(H,24,27)/t13-/m0/s1. The molecule has 3 aromatic rings. The number of benzene rings is 2. The number of likely N-dealkylation sites (N-methyl/N-ethyl adjacent to an activating group) is 1. The van der Waals surface area contributed by atoms with Crippen LogP contribution in [0.25, 0.3) is 5.69 Å². The van der Waals surface area contributed by atoms with Gasteiger partial charge in [0.05, 0.1) is 17.9 Å². The molecule has 140 valence electrons. The maximum Gasteiger partial charge on any atom is 0.238 e. The van der Waals surface area contributed by atoms with E-state index in [-0.39, 0.29) is 24.2 Å². The van der Waals surface area contributed by atoms with Crippen LogP contribution in [-0.4, -0.2) is 39.2 Å². The molecule has 3 rings (SSSR count). The average molecular weight is 388 g/mol. The van der Waals surface area contributed by atoms with Gasteiger partial charge in [-0.2, -0.15) is 5.10 Å². The summed E-state index contributed by atoms with van der Waals surface area (Å²) in [6.45, 7) is 2.11. The van der Waals surface area contributed by atoms with Crippen LogP contribution in [0.2, 0.25) is 5.02 Å². The number of carbonyl (C=O) groups excluding carboxylic acids is 1. The minimum atomic E-state index is -0.521. The average Bonchev–Trinajstić information content (AvgIpc) is 3.19. The van der Waals surface area contributed by atoms with Crippen molar-refractivity contribution >= 4 is 23.2 Å². The van der Waals surface area contributed by atoms with Gasteiger partial charge in [0.2, 0.25) is 5.91 Å². The van der Waals surface area contributed by atoms with Gasteiger partial charge in [-0.25, -0.2) is 14.1 Å². The first kappa shape index (κ1) is 19.0. The van der Waals surface area contributed by atoms with E-state index < -0.39 is 5.82 Å². The second kappa shape index (κ2) is 8.28. The van der Waals surface area contributed by atoms with Crippen LogP contribution in [0.5, 0.6) is 0 Å². The zero-order chi connectivity index (χ0) is 19.4. The Kier molecular flexibility index (Phi) is 5.83. The van der Waals surface area contributed by atoms with Crippen molar-refractivity contribution < 1.29 is 9.18 Å². The molecule has 1 amide bonds. The van der Waals surface area contributed by atoms with E-state index in [9.17, 15) is 9.18 Å². The molecule has 0 aliphatic carbocycles. The number of anilines is 1. The fraction of sp³-hybridized carbons (Fsp3) is 0.211. The van der Waals surface area contributed by atoms with Crippen LogP contribution in [0.3, 0.4) is 0 Å². The number of nitrogens with one attached hydrogen (secondary N) is 1. The van der Waals surface area contributed by atoms with Gasteiger partial charge in [-0.1, -0.05) is 23.7 Å². The van der Waals surface area contributed by atoms with Gasteiger partial charge in [-0.05, 0) is 49.9 Å². The number of amides is 1. The van der Waals surface area contributed by atoms with Crippen LogP contribution in [0, 0.1) is 5.82 Å². The van der Waals surface area contributed by atoms with E-state index in [2.05, 4.69) is 15.4 Å². The predicted molar refractivity (Wildman–Crippen MR) is 102 cm³/mol. The lowest BCUT2D eigenvalue weighted by Crippen LogP contribution is -2.32. The van der Waals surface area contributed by atoms with E-state index in [0.29, 0.717) is 5.02 Å². The van der Waals surface area contributed by atoms with Crippen LogP contribution in [-0.2, 0) is 4.79 Å². The minimum absolute atomic E-state index is 0.00949. The fourth-order valence-electron chi connectivity index (χ4n) is 2.65. The van der Waals surface area contributed by atoms with E-state index in [4.69, 9.17) is 11.6 Å². The summed E-state index contributed by atoms with van der Waals surface area (Å²) in [6, 6.07) is 11.9. The highest BCUT2D eigenvalue weighted by Gasteiger charge is 2.16. The molecule has 6 nitrogen and oxygen atoms in total. The van der Waals surface area contributed by atoms with Crippen LogP contribution >= 0.6 is 11.6 Å². The van der Waals surface area contributed by atoms with Crippen molar-refractivity contribution in [3.05, 3.63) is 71.5 Å². The highest BCUT2D eigenvalue weighted by molar-refractivity contribution is 6.30. The van der Waals surface area contributed by atoms with Gasteiger partial charge in [0.25, 0.3) is 0 Å². The molecule has 0 aliphatic rings. The molecule has 1 N–H and O–H groups in total. The molecule has 2 aromatic carbocycles. The fourth-order valence-corrected chi connectivity index (χ4v) is 2.82. The summed E-state index contributed by atoms with van der Waals surface area (Å²) in [5, 5.41) is 7.01. The van der Waals surface area contributed by atoms with Crippen molar-refractivity contribution in [2.75, 3.05) is 18.9 Å². The number of rotatable bonds is 6. The second-order valence-electron chi connectivity index (χ2n) is 6.20. The molecule has 27 heavy (non-hydrogen) atoms. The summed E-state index contributed by atoms with van der Waals surface area (Å²) < 4.78 is 15.4. The molecule has 0 saturated heterocycles. The van der Waals surface area contributed by atoms with Crippen molar-refractivity contribution in [3.63, 3.8) is 0 Å². The van der Waals surface area contributed by atoms with Gasteiger partial charge in [-0.15, -0.1) is 0 Å². The van der Waals surface area contributed by atoms with Crippen molar-refractivity contribution in [2.45, 2.75) is 13.0 Å². The highest BCUT2D eigenvalue weighted by Crippen LogP contribution is 2.22. The number of hydrogen-bond donors (Lipinski definition) is 1. The first-order valence-electron chi connectivity index (χ1n) is 8.34. The smallest absolute Gasteiger partial charge is 0.238 e. The Morgan fingerprint density at radius 2 is 2.04 bits per heavy atom. The molecule has 0 fully saturated rings. The summed E-state index contributed by atoms with van der Waals surface area (Å²) in [4.78, 5) is 18.1. The Morgan fingerprint density at radius 1 is 1.30 bits per heavy atom. The third-order valence-electron chi connectivity index (χ3n) is 4.32. The third-order valence-corrected chi connectivity index (χ3v) is 4.55. The number of halogens is 2. The molecule has 1 heterocycles. The summed E-state index contributed by atoms with van der Waals surface area (Å²) in [6.07, 6.45) is 3.11.